The third kappa shape index (κ3) is 3.60. The summed E-state index contributed by atoms with van der Waals surface area (Å²) in [5.74, 6) is 0.591. The Morgan fingerprint density at radius 3 is 2.67 bits per heavy atom. The lowest BCUT2D eigenvalue weighted by Crippen LogP contribution is -2.46. The van der Waals surface area contributed by atoms with Crippen molar-refractivity contribution in [2.75, 3.05) is 6.61 Å². The molecule has 0 radical (unpaired) electrons. The number of pyridine rings is 2. The van der Waals surface area contributed by atoms with Crippen LogP contribution in [-0.2, 0) is 10.0 Å². The van der Waals surface area contributed by atoms with Crippen LogP contribution in [-0.4, -0.2) is 40.6 Å². The van der Waals surface area contributed by atoms with E-state index < -0.39 is 15.6 Å². The minimum Gasteiger partial charge on any atom is -0.394 e. The fourth-order valence-electron chi connectivity index (χ4n) is 3.04. The van der Waals surface area contributed by atoms with Gasteiger partial charge in [-0.05, 0) is 56.9 Å². The van der Waals surface area contributed by atoms with E-state index in [9.17, 15) is 13.5 Å². The van der Waals surface area contributed by atoms with Gasteiger partial charge in [-0.25, -0.2) is 18.1 Å². The molecule has 1 saturated carbocycles. The number of aromatic amines is 1. The van der Waals surface area contributed by atoms with E-state index in [1.165, 1.54) is 30.8 Å². The molecular weight excluding hydrogens is 364 g/mol. The van der Waals surface area contributed by atoms with E-state index in [0.29, 0.717) is 11.6 Å². The largest absolute Gasteiger partial charge is 0.394 e. The summed E-state index contributed by atoms with van der Waals surface area (Å²) in [5.41, 5.74) is 2.66. The molecule has 0 bridgehead atoms. The second-order valence-corrected chi connectivity index (χ2v) is 9.33. The van der Waals surface area contributed by atoms with Gasteiger partial charge in [-0.2, -0.15) is 0 Å². The quantitative estimate of drug-likeness (QED) is 0.603. The van der Waals surface area contributed by atoms with Crippen LogP contribution >= 0.6 is 0 Å². The van der Waals surface area contributed by atoms with Crippen molar-refractivity contribution in [2.24, 2.45) is 0 Å². The van der Waals surface area contributed by atoms with Crippen molar-refractivity contribution in [2.45, 2.75) is 43.0 Å². The van der Waals surface area contributed by atoms with E-state index in [4.69, 9.17) is 0 Å². The third-order valence-electron chi connectivity index (χ3n) is 4.70. The van der Waals surface area contributed by atoms with Gasteiger partial charge in [0.15, 0.2) is 0 Å². The molecule has 0 aromatic carbocycles. The summed E-state index contributed by atoms with van der Waals surface area (Å²) in [6.07, 6.45) is 5.46. The zero-order chi connectivity index (χ0) is 19.2. The molecule has 0 atom stereocenters. The second kappa shape index (κ2) is 6.40. The van der Waals surface area contributed by atoms with E-state index in [-0.39, 0.29) is 11.5 Å². The van der Waals surface area contributed by atoms with Crippen LogP contribution in [0.3, 0.4) is 0 Å². The molecule has 0 unspecified atom stereocenters. The van der Waals surface area contributed by atoms with E-state index >= 15 is 0 Å². The summed E-state index contributed by atoms with van der Waals surface area (Å²) in [5, 5.41) is 10.3. The van der Waals surface area contributed by atoms with Crippen LogP contribution in [0.25, 0.3) is 22.3 Å². The molecule has 0 aliphatic heterocycles. The summed E-state index contributed by atoms with van der Waals surface area (Å²) in [6, 6.07) is 7.22. The average Bonchev–Trinajstić information content (AvgIpc) is 3.39. The Morgan fingerprint density at radius 2 is 2.04 bits per heavy atom. The molecule has 0 amide bonds. The summed E-state index contributed by atoms with van der Waals surface area (Å²) < 4.78 is 27.4. The minimum absolute atomic E-state index is 0.0609. The number of hydrogen-bond acceptors (Lipinski definition) is 5. The van der Waals surface area contributed by atoms with Crippen LogP contribution in [0.15, 0.2) is 41.6 Å². The number of H-pyrrole nitrogens is 1. The lowest BCUT2D eigenvalue weighted by Gasteiger charge is -2.23. The van der Waals surface area contributed by atoms with Crippen molar-refractivity contribution >= 4 is 21.1 Å². The Hall–Kier alpha value is -2.29. The first-order valence-electron chi connectivity index (χ1n) is 8.88. The normalized spacial score (nSPS) is 15.4. The number of nitrogens with zero attached hydrogens (tertiary/aromatic N) is 2. The van der Waals surface area contributed by atoms with Gasteiger partial charge >= 0.3 is 0 Å². The first-order valence-corrected chi connectivity index (χ1v) is 10.4. The summed E-state index contributed by atoms with van der Waals surface area (Å²) in [7, 11) is -3.76. The van der Waals surface area contributed by atoms with Gasteiger partial charge in [-0.3, -0.25) is 4.98 Å². The highest BCUT2D eigenvalue weighted by atomic mass is 32.2. The molecule has 8 heteroatoms. The number of hydrogen-bond donors (Lipinski definition) is 3. The molecule has 3 N–H and O–H groups in total. The van der Waals surface area contributed by atoms with Gasteiger partial charge < -0.3 is 10.1 Å². The maximum atomic E-state index is 12.5. The van der Waals surface area contributed by atoms with Crippen molar-refractivity contribution in [1.29, 1.82) is 0 Å². The lowest BCUT2D eigenvalue weighted by atomic mass is 10.1. The molecule has 0 saturated heterocycles. The van der Waals surface area contributed by atoms with Crippen molar-refractivity contribution < 1.29 is 13.5 Å². The summed E-state index contributed by atoms with van der Waals surface area (Å²) in [6.45, 7) is 2.93. The molecule has 3 aromatic rings. The fourth-order valence-corrected chi connectivity index (χ4v) is 4.39. The number of rotatable bonds is 6. The Bertz CT molecular complexity index is 1080. The average molecular weight is 386 g/mol. The maximum Gasteiger partial charge on any atom is 0.242 e. The van der Waals surface area contributed by atoms with Crippen LogP contribution in [0.2, 0.25) is 0 Å². The van der Waals surface area contributed by atoms with Gasteiger partial charge in [0.2, 0.25) is 10.0 Å². The molecule has 0 spiro atoms. The molecule has 3 aromatic heterocycles. The number of nitrogens with one attached hydrogen (secondary N) is 2. The van der Waals surface area contributed by atoms with E-state index in [0.717, 1.165) is 16.6 Å². The predicted molar refractivity (Wildman–Crippen MR) is 103 cm³/mol. The van der Waals surface area contributed by atoms with Crippen molar-refractivity contribution in [3.63, 3.8) is 0 Å². The van der Waals surface area contributed by atoms with Crippen LogP contribution < -0.4 is 4.72 Å². The fraction of sp³-hybridized carbons (Fsp3) is 0.368. The number of sulfonamides is 1. The highest BCUT2D eigenvalue weighted by molar-refractivity contribution is 7.89. The molecule has 1 aliphatic carbocycles. The monoisotopic (exact) mass is 386 g/mol. The first kappa shape index (κ1) is 18.1. The molecule has 3 heterocycles. The highest BCUT2D eigenvalue weighted by Crippen LogP contribution is 2.41. The van der Waals surface area contributed by atoms with E-state index in [1.54, 1.807) is 26.1 Å². The van der Waals surface area contributed by atoms with E-state index in [1.807, 2.05) is 6.07 Å². The topological polar surface area (TPSA) is 108 Å². The minimum atomic E-state index is -3.76. The zero-order valence-corrected chi connectivity index (χ0v) is 16.0. The molecule has 7 nitrogen and oxygen atoms in total. The highest BCUT2D eigenvalue weighted by Gasteiger charge is 2.27. The van der Waals surface area contributed by atoms with Crippen LogP contribution in [0.1, 0.15) is 38.3 Å². The predicted octanol–water partition coefficient (Wildman–Crippen LogP) is 2.55. The number of aliphatic hydroxyl groups is 1. The van der Waals surface area contributed by atoms with Gasteiger partial charge in [0.1, 0.15) is 10.5 Å². The SMILES string of the molecule is CC(C)(CO)NS(=O)(=O)c1ccc(-c2ccnc3[nH]c(C4CC4)cc23)nc1. The Labute approximate surface area is 157 Å². The van der Waals surface area contributed by atoms with Gasteiger partial charge in [0, 0.05) is 29.0 Å². The maximum absolute atomic E-state index is 12.5. The molecule has 4 rings (SSSR count). The van der Waals surface area contributed by atoms with Crippen LogP contribution in [0, 0.1) is 0 Å². The Balaban J connectivity index is 1.67. The third-order valence-corrected chi connectivity index (χ3v) is 6.38. The lowest BCUT2D eigenvalue weighted by molar-refractivity contribution is 0.208. The standard InChI is InChI=1S/C19H22N4O3S/c1-19(2,11-24)23-27(25,26)13-5-6-16(21-10-13)14-7-8-20-18-15(14)9-17(22-18)12-3-4-12/h5-10,12,23-24H,3-4,11H2,1-2H3,(H,20,22). The summed E-state index contributed by atoms with van der Waals surface area (Å²) in [4.78, 5) is 12.2. The van der Waals surface area contributed by atoms with Gasteiger partial charge in [0.05, 0.1) is 17.8 Å². The molecule has 142 valence electrons. The molecular formula is C19H22N4O3S. The molecule has 27 heavy (non-hydrogen) atoms. The molecule has 1 fully saturated rings. The van der Waals surface area contributed by atoms with Gasteiger partial charge in [0.25, 0.3) is 0 Å². The van der Waals surface area contributed by atoms with E-state index in [2.05, 4.69) is 25.7 Å². The van der Waals surface area contributed by atoms with Crippen molar-refractivity contribution in [1.82, 2.24) is 19.7 Å². The number of aliphatic hydroxyl groups excluding tert-OH is 1. The van der Waals surface area contributed by atoms with Crippen LogP contribution in [0.5, 0.6) is 0 Å². The Kier molecular flexibility index (Phi) is 4.29. The summed E-state index contributed by atoms with van der Waals surface area (Å²) >= 11 is 0. The molecule has 1 aliphatic rings. The zero-order valence-electron chi connectivity index (χ0n) is 15.2. The Morgan fingerprint density at radius 1 is 1.26 bits per heavy atom. The van der Waals surface area contributed by atoms with Crippen LogP contribution in [0.4, 0.5) is 0 Å². The number of fused-ring (bicyclic) bond motifs is 1. The van der Waals surface area contributed by atoms with Gasteiger partial charge in [-0.15, -0.1) is 0 Å². The number of aromatic nitrogens is 3. The van der Waals surface area contributed by atoms with Crippen molar-refractivity contribution in [3.8, 4) is 11.3 Å². The smallest absolute Gasteiger partial charge is 0.242 e. The first-order chi connectivity index (χ1) is 12.8. The van der Waals surface area contributed by atoms with Gasteiger partial charge in [-0.1, -0.05) is 0 Å². The second-order valence-electron chi connectivity index (χ2n) is 7.65. The van der Waals surface area contributed by atoms with Crippen molar-refractivity contribution in [3.05, 3.63) is 42.4 Å².